The van der Waals surface area contributed by atoms with Crippen molar-refractivity contribution < 1.29 is 19.1 Å². The van der Waals surface area contributed by atoms with Crippen molar-refractivity contribution in [1.82, 2.24) is 34.9 Å². The molecule has 2 atom stereocenters. The molecule has 3 amide bonds. The Labute approximate surface area is 239 Å². The van der Waals surface area contributed by atoms with Crippen molar-refractivity contribution in [3.8, 4) is 5.75 Å². The van der Waals surface area contributed by atoms with Crippen molar-refractivity contribution in [2.45, 2.75) is 51.5 Å². The first-order chi connectivity index (χ1) is 19.8. The number of carbonyl (C=O) groups is 3. The fourth-order valence-electron chi connectivity index (χ4n) is 5.70. The fourth-order valence-corrected chi connectivity index (χ4v) is 5.70. The summed E-state index contributed by atoms with van der Waals surface area (Å²) in [7, 11) is 1.85. The van der Waals surface area contributed by atoms with Gasteiger partial charge < -0.3 is 19.9 Å². The van der Waals surface area contributed by atoms with Crippen molar-refractivity contribution in [3.05, 3.63) is 71.1 Å². The van der Waals surface area contributed by atoms with Gasteiger partial charge >= 0.3 is 0 Å². The molecule has 2 aliphatic rings. The molecule has 1 fully saturated rings. The predicted molar refractivity (Wildman–Crippen MR) is 151 cm³/mol. The van der Waals surface area contributed by atoms with Gasteiger partial charge in [0.25, 0.3) is 5.91 Å². The lowest BCUT2D eigenvalue weighted by atomic mass is 9.94. The fraction of sp³-hybridized carbons (Fsp3) is 0.467. The minimum Gasteiger partial charge on any atom is -0.494 e. The summed E-state index contributed by atoms with van der Waals surface area (Å²) in [6.45, 7) is 5.31. The van der Waals surface area contributed by atoms with Gasteiger partial charge in [0.1, 0.15) is 12.1 Å². The van der Waals surface area contributed by atoms with Gasteiger partial charge in [-0.2, -0.15) is 5.10 Å². The molecule has 2 aliphatic heterocycles. The first-order valence-electron chi connectivity index (χ1n) is 14.1. The highest BCUT2D eigenvalue weighted by atomic mass is 16.5. The van der Waals surface area contributed by atoms with E-state index in [9.17, 15) is 14.4 Å². The summed E-state index contributed by atoms with van der Waals surface area (Å²) < 4.78 is 7.80. The summed E-state index contributed by atoms with van der Waals surface area (Å²) in [5, 5.41) is 7.33. The Hall–Kier alpha value is -4.28. The molecule has 1 N–H and O–H groups in total. The molecular weight excluding hydrogens is 522 g/mol. The second kappa shape index (κ2) is 12.5. The number of amides is 3. The van der Waals surface area contributed by atoms with Gasteiger partial charge in [-0.05, 0) is 56.9 Å². The Morgan fingerprint density at radius 2 is 1.88 bits per heavy atom. The number of nitrogens with one attached hydrogen (secondary N) is 1. The first kappa shape index (κ1) is 28.3. The third-order valence-corrected chi connectivity index (χ3v) is 7.98. The quantitative estimate of drug-likeness (QED) is 0.520. The zero-order chi connectivity index (χ0) is 28.9. The van der Waals surface area contributed by atoms with Gasteiger partial charge in [-0.3, -0.25) is 19.1 Å². The predicted octanol–water partition coefficient (Wildman–Crippen LogP) is 2.19. The summed E-state index contributed by atoms with van der Waals surface area (Å²) >= 11 is 0. The molecule has 0 spiro atoms. The van der Waals surface area contributed by atoms with E-state index >= 15 is 0 Å². The van der Waals surface area contributed by atoms with Crippen molar-refractivity contribution in [2.24, 2.45) is 7.05 Å². The molecule has 0 saturated carbocycles. The average molecular weight is 560 g/mol. The number of likely N-dealkylation sites (tertiary alicyclic amines) is 1. The Balaban J connectivity index is 1.36. The molecule has 11 nitrogen and oxygen atoms in total. The van der Waals surface area contributed by atoms with Gasteiger partial charge in [0.05, 0.1) is 36.1 Å². The SMILES string of the molecule is Cc1ncnc(C)c1C(=O)N1C[C@@H]2NC(=O)CN(C(=O)CCc3ccnn3C)CCCCOc3cccc(c3)[C@H]2C1. The third kappa shape index (κ3) is 6.55. The molecule has 3 aromatic rings. The van der Waals surface area contributed by atoms with E-state index in [1.165, 1.54) is 6.33 Å². The monoisotopic (exact) mass is 559 g/mol. The van der Waals surface area contributed by atoms with Gasteiger partial charge in [0.2, 0.25) is 11.8 Å². The highest BCUT2D eigenvalue weighted by Gasteiger charge is 2.39. The summed E-state index contributed by atoms with van der Waals surface area (Å²) in [5.41, 5.74) is 3.70. The third-order valence-electron chi connectivity index (χ3n) is 7.98. The molecule has 1 saturated heterocycles. The Kier molecular flexibility index (Phi) is 8.61. The minimum atomic E-state index is -0.332. The highest BCUT2D eigenvalue weighted by molar-refractivity contribution is 5.96. The lowest BCUT2D eigenvalue weighted by molar-refractivity contribution is -0.136. The van der Waals surface area contributed by atoms with E-state index in [1.807, 2.05) is 37.4 Å². The Morgan fingerprint density at radius 1 is 1.07 bits per heavy atom. The average Bonchev–Trinajstić information content (AvgIpc) is 3.56. The molecule has 0 radical (unpaired) electrons. The number of hydrogen-bond donors (Lipinski definition) is 1. The normalized spacial score (nSPS) is 19.6. The maximum Gasteiger partial charge on any atom is 0.257 e. The summed E-state index contributed by atoms with van der Waals surface area (Å²) in [6.07, 6.45) is 5.48. The van der Waals surface area contributed by atoms with Gasteiger partial charge in [-0.15, -0.1) is 0 Å². The number of fused-ring (bicyclic) bond motifs is 4. The number of aryl methyl sites for hydroxylation is 4. The van der Waals surface area contributed by atoms with Crippen LogP contribution in [0.25, 0.3) is 0 Å². The molecule has 4 heterocycles. The van der Waals surface area contributed by atoms with Crippen LogP contribution in [0, 0.1) is 13.8 Å². The Morgan fingerprint density at radius 3 is 2.63 bits per heavy atom. The topological polar surface area (TPSA) is 123 Å². The van der Waals surface area contributed by atoms with Crippen LogP contribution in [-0.4, -0.2) is 86.1 Å². The first-order valence-corrected chi connectivity index (χ1v) is 14.1. The number of hydrogen-bond acceptors (Lipinski definition) is 7. The number of carbonyl (C=O) groups excluding carboxylic acids is 3. The molecule has 0 unspecified atom stereocenters. The van der Waals surface area contributed by atoms with Gasteiger partial charge in [0.15, 0.2) is 0 Å². The van der Waals surface area contributed by atoms with Crippen LogP contribution < -0.4 is 10.1 Å². The van der Waals surface area contributed by atoms with Crippen LogP contribution in [0.4, 0.5) is 0 Å². The zero-order valence-electron chi connectivity index (χ0n) is 23.9. The largest absolute Gasteiger partial charge is 0.494 e. The molecular formula is C30H37N7O4. The molecule has 2 aromatic heterocycles. The van der Waals surface area contributed by atoms with Crippen molar-refractivity contribution >= 4 is 17.7 Å². The summed E-state index contributed by atoms with van der Waals surface area (Å²) in [5.74, 6) is 0.146. The molecule has 1 aromatic carbocycles. The van der Waals surface area contributed by atoms with E-state index in [0.717, 1.165) is 29.8 Å². The molecule has 2 bridgehead atoms. The van der Waals surface area contributed by atoms with E-state index < -0.39 is 0 Å². The second-order valence-corrected chi connectivity index (χ2v) is 10.8. The van der Waals surface area contributed by atoms with Crippen molar-refractivity contribution in [1.29, 1.82) is 0 Å². The number of benzene rings is 1. The smallest absolute Gasteiger partial charge is 0.257 e. The Bertz CT molecular complexity index is 1400. The second-order valence-electron chi connectivity index (χ2n) is 10.8. The maximum absolute atomic E-state index is 13.6. The number of aromatic nitrogens is 4. The molecule has 5 rings (SSSR count). The summed E-state index contributed by atoms with van der Waals surface area (Å²) in [4.78, 5) is 52.1. The number of nitrogens with zero attached hydrogens (tertiary/aromatic N) is 6. The van der Waals surface area contributed by atoms with Crippen molar-refractivity contribution in [2.75, 3.05) is 32.8 Å². The highest BCUT2D eigenvalue weighted by Crippen LogP contribution is 2.31. The van der Waals surface area contributed by atoms with Crippen molar-refractivity contribution in [3.63, 3.8) is 0 Å². The van der Waals surface area contributed by atoms with E-state index in [-0.39, 0.29) is 36.2 Å². The zero-order valence-corrected chi connectivity index (χ0v) is 23.9. The van der Waals surface area contributed by atoms with Crippen LogP contribution >= 0.6 is 0 Å². The molecule has 0 aliphatic carbocycles. The van der Waals surface area contributed by atoms with Crippen LogP contribution in [0.1, 0.15) is 58.2 Å². The van der Waals surface area contributed by atoms with E-state index in [0.29, 0.717) is 56.0 Å². The van der Waals surface area contributed by atoms with E-state index in [1.54, 1.807) is 34.5 Å². The van der Waals surface area contributed by atoms with Gasteiger partial charge in [0, 0.05) is 50.9 Å². The maximum atomic E-state index is 13.6. The molecule has 216 valence electrons. The number of ether oxygens (including phenoxy) is 1. The van der Waals surface area contributed by atoms with Crippen LogP contribution in [0.5, 0.6) is 5.75 Å². The molecule has 11 heteroatoms. The summed E-state index contributed by atoms with van der Waals surface area (Å²) in [6, 6.07) is 9.44. The van der Waals surface area contributed by atoms with Crippen LogP contribution in [0.2, 0.25) is 0 Å². The molecule has 41 heavy (non-hydrogen) atoms. The van der Waals surface area contributed by atoms with E-state index in [4.69, 9.17) is 4.74 Å². The van der Waals surface area contributed by atoms with Gasteiger partial charge in [-0.25, -0.2) is 9.97 Å². The lowest BCUT2D eigenvalue weighted by Gasteiger charge is -2.26. The van der Waals surface area contributed by atoms with E-state index in [2.05, 4.69) is 20.4 Å². The number of rotatable bonds is 4. The van der Waals surface area contributed by atoms with Crippen LogP contribution in [0.15, 0.2) is 42.9 Å². The standard InChI is InChI=1S/C30H37N7O4/c1-20-29(21(2)32-19-31-20)30(40)37-16-25-22-7-6-8-24(15-22)41-14-5-4-13-36(18-27(38)34-26(25)17-37)28(39)10-9-23-11-12-33-35(23)3/h6-8,11-12,15,19,25-26H,4-5,9-10,13-14,16-18H2,1-3H3,(H,34,38)/t25-,26+/m1/s1. The lowest BCUT2D eigenvalue weighted by Crippen LogP contribution is -2.47. The van der Waals surface area contributed by atoms with Crippen LogP contribution in [0.3, 0.4) is 0 Å². The van der Waals surface area contributed by atoms with Crippen LogP contribution in [-0.2, 0) is 23.1 Å². The minimum absolute atomic E-state index is 0.0347. The van der Waals surface area contributed by atoms with Gasteiger partial charge in [-0.1, -0.05) is 12.1 Å².